The molecule has 2 fully saturated rings. The van der Waals surface area contributed by atoms with E-state index in [0.717, 1.165) is 36.3 Å². The van der Waals surface area contributed by atoms with Crippen LogP contribution in [0.25, 0.3) is 0 Å². The molecule has 0 radical (unpaired) electrons. The molecule has 0 bridgehead atoms. The lowest BCUT2D eigenvalue weighted by Crippen LogP contribution is -2.30. The molecule has 0 aromatic carbocycles. The lowest BCUT2D eigenvalue weighted by molar-refractivity contribution is 0.0732. The molecule has 21 heavy (non-hydrogen) atoms. The van der Waals surface area contributed by atoms with Crippen molar-refractivity contribution >= 4 is 5.91 Å². The summed E-state index contributed by atoms with van der Waals surface area (Å²) in [5, 5.41) is 7.00. The van der Waals surface area contributed by atoms with Crippen LogP contribution in [0, 0.1) is 0 Å². The maximum atomic E-state index is 12.8. The summed E-state index contributed by atoms with van der Waals surface area (Å²) in [6.07, 6.45) is 7.94. The van der Waals surface area contributed by atoms with Crippen molar-refractivity contribution in [2.24, 2.45) is 0 Å². The average Bonchev–Trinajstić information content (AvgIpc) is 3.02. The van der Waals surface area contributed by atoms with Gasteiger partial charge in [0.05, 0.1) is 11.7 Å². The van der Waals surface area contributed by atoms with E-state index in [-0.39, 0.29) is 11.9 Å². The highest BCUT2D eigenvalue weighted by Crippen LogP contribution is 2.39. The first-order valence-electron chi connectivity index (χ1n) is 7.59. The van der Waals surface area contributed by atoms with Gasteiger partial charge in [0.1, 0.15) is 0 Å². The number of H-pyrrole nitrogens is 1. The van der Waals surface area contributed by atoms with Crippen LogP contribution in [0.4, 0.5) is 0 Å². The van der Waals surface area contributed by atoms with Gasteiger partial charge in [0, 0.05) is 36.1 Å². The average molecular weight is 282 g/mol. The summed E-state index contributed by atoms with van der Waals surface area (Å²) in [4.78, 5) is 19.2. The third-order valence-corrected chi connectivity index (χ3v) is 4.42. The largest absolute Gasteiger partial charge is 0.330 e. The number of nitrogens with one attached hydrogen (secondary N) is 1. The standard InChI is InChI=1S/C16H18N4O/c21-16(12-5-7-17-14(10-12)11-3-4-11)20-9-1-2-15(20)13-6-8-18-19-13/h5-8,10-11,15H,1-4,9H2,(H,18,19). The lowest BCUT2D eigenvalue weighted by atomic mass is 10.1. The van der Waals surface area contributed by atoms with Crippen LogP contribution in [0.1, 0.15) is 59.4 Å². The number of nitrogens with zero attached hydrogens (tertiary/aromatic N) is 3. The van der Waals surface area contributed by atoms with Gasteiger partial charge in [0.25, 0.3) is 5.91 Å². The smallest absolute Gasteiger partial charge is 0.254 e. The first-order chi connectivity index (χ1) is 10.3. The van der Waals surface area contributed by atoms with Gasteiger partial charge in [-0.2, -0.15) is 5.10 Å². The zero-order chi connectivity index (χ0) is 14.2. The Balaban J connectivity index is 1.60. The number of aromatic amines is 1. The Labute approximate surface area is 123 Å². The highest BCUT2D eigenvalue weighted by Gasteiger charge is 2.32. The maximum absolute atomic E-state index is 12.8. The van der Waals surface area contributed by atoms with Crippen LogP contribution in [-0.2, 0) is 0 Å². The van der Waals surface area contributed by atoms with Crippen molar-refractivity contribution in [2.75, 3.05) is 6.54 Å². The van der Waals surface area contributed by atoms with Crippen molar-refractivity contribution in [3.05, 3.63) is 47.5 Å². The van der Waals surface area contributed by atoms with Crippen molar-refractivity contribution in [2.45, 2.75) is 37.6 Å². The maximum Gasteiger partial charge on any atom is 0.254 e. The normalized spacial score (nSPS) is 21.7. The number of amides is 1. The van der Waals surface area contributed by atoms with Gasteiger partial charge in [-0.15, -0.1) is 0 Å². The van der Waals surface area contributed by atoms with Crippen LogP contribution >= 0.6 is 0 Å². The molecule has 108 valence electrons. The third kappa shape index (κ3) is 2.33. The molecule has 1 aliphatic heterocycles. The van der Waals surface area contributed by atoms with E-state index in [4.69, 9.17) is 0 Å². The molecule has 4 rings (SSSR count). The number of hydrogen-bond donors (Lipinski definition) is 1. The van der Waals surface area contributed by atoms with E-state index < -0.39 is 0 Å². The van der Waals surface area contributed by atoms with Gasteiger partial charge in [0.2, 0.25) is 0 Å². The monoisotopic (exact) mass is 282 g/mol. The molecule has 1 atom stereocenters. The Morgan fingerprint density at radius 3 is 2.90 bits per heavy atom. The van der Waals surface area contributed by atoms with E-state index in [1.807, 2.05) is 23.1 Å². The second kappa shape index (κ2) is 4.98. The summed E-state index contributed by atoms with van der Waals surface area (Å²) in [6, 6.07) is 5.88. The van der Waals surface area contributed by atoms with Crippen molar-refractivity contribution < 1.29 is 4.79 Å². The molecule has 5 nitrogen and oxygen atoms in total. The molecule has 1 saturated carbocycles. The van der Waals surface area contributed by atoms with Gasteiger partial charge < -0.3 is 4.90 Å². The van der Waals surface area contributed by atoms with Gasteiger partial charge in [-0.25, -0.2) is 0 Å². The Bertz CT molecular complexity index is 648. The predicted molar refractivity (Wildman–Crippen MR) is 77.8 cm³/mol. The van der Waals surface area contributed by atoms with Crippen LogP contribution in [0.3, 0.4) is 0 Å². The summed E-state index contributed by atoms with van der Waals surface area (Å²) in [5.41, 5.74) is 2.86. The minimum Gasteiger partial charge on any atom is -0.330 e. The summed E-state index contributed by atoms with van der Waals surface area (Å²) in [6.45, 7) is 0.809. The summed E-state index contributed by atoms with van der Waals surface area (Å²) >= 11 is 0. The van der Waals surface area contributed by atoms with E-state index in [1.54, 1.807) is 12.4 Å². The molecule has 2 aliphatic rings. The van der Waals surface area contributed by atoms with E-state index >= 15 is 0 Å². The van der Waals surface area contributed by atoms with Crippen molar-refractivity contribution in [3.63, 3.8) is 0 Å². The van der Waals surface area contributed by atoms with E-state index in [9.17, 15) is 4.79 Å². The fourth-order valence-corrected chi connectivity index (χ4v) is 3.13. The van der Waals surface area contributed by atoms with Crippen molar-refractivity contribution in [3.8, 4) is 0 Å². The molecule has 3 heterocycles. The number of carbonyl (C=O) groups excluding carboxylic acids is 1. The molecule has 0 spiro atoms. The molecule has 1 aliphatic carbocycles. The SMILES string of the molecule is O=C(c1ccnc(C2CC2)c1)N1CCCC1c1ccn[nH]1. The highest BCUT2D eigenvalue weighted by molar-refractivity contribution is 5.94. The van der Waals surface area contributed by atoms with E-state index in [2.05, 4.69) is 15.2 Å². The van der Waals surface area contributed by atoms with Crippen LogP contribution in [0.15, 0.2) is 30.6 Å². The first kappa shape index (κ1) is 12.6. The number of rotatable bonds is 3. The van der Waals surface area contributed by atoms with Crippen LogP contribution in [0.5, 0.6) is 0 Å². The predicted octanol–water partition coefficient (Wildman–Crippen LogP) is 2.66. The molecular formula is C16H18N4O. The Kier molecular flexibility index (Phi) is 2.98. The minimum absolute atomic E-state index is 0.108. The number of aromatic nitrogens is 3. The first-order valence-corrected chi connectivity index (χ1v) is 7.59. The molecule has 5 heteroatoms. The molecule has 1 unspecified atom stereocenters. The van der Waals surface area contributed by atoms with Gasteiger partial charge in [-0.3, -0.25) is 14.9 Å². The second-order valence-corrected chi connectivity index (χ2v) is 5.91. The van der Waals surface area contributed by atoms with E-state index in [0.29, 0.717) is 5.92 Å². The quantitative estimate of drug-likeness (QED) is 0.941. The zero-order valence-electron chi connectivity index (χ0n) is 11.8. The Hall–Kier alpha value is -2.17. The molecule has 1 saturated heterocycles. The van der Waals surface area contributed by atoms with E-state index in [1.165, 1.54) is 12.8 Å². The minimum atomic E-state index is 0.108. The number of carbonyl (C=O) groups is 1. The van der Waals surface area contributed by atoms with Crippen molar-refractivity contribution in [1.82, 2.24) is 20.1 Å². The molecule has 2 aromatic heterocycles. The second-order valence-electron chi connectivity index (χ2n) is 5.91. The number of pyridine rings is 1. The molecule has 1 N–H and O–H groups in total. The molecular weight excluding hydrogens is 264 g/mol. The van der Waals surface area contributed by atoms with Crippen molar-refractivity contribution in [1.29, 1.82) is 0 Å². The Morgan fingerprint density at radius 1 is 1.24 bits per heavy atom. The van der Waals surface area contributed by atoms with Crippen LogP contribution in [-0.4, -0.2) is 32.5 Å². The molecule has 1 amide bonds. The topological polar surface area (TPSA) is 61.9 Å². The zero-order valence-corrected chi connectivity index (χ0v) is 11.8. The summed E-state index contributed by atoms with van der Waals surface area (Å²) in [7, 11) is 0. The molecule has 2 aromatic rings. The van der Waals surface area contributed by atoms with Gasteiger partial charge in [-0.1, -0.05) is 0 Å². The lowest BCUT2D eigenvalue weighted by Gasteiger charge is -2.24. The van der Waals surface area contributed by atoms with Gasteiger partial charge in [0.15, 0.2) is 0 Å². The fourth-order valence-electron chi connectivity index (χ4n) is 3.13. The van der Waals surface area contributed by atoms with Gasteiger partial charge >= 0.3 is 0 Å². The number of likely N-dealkylation sites (tertiary alicyclic amines) is 1. The van der Waals surface area contributed by atoms with Crippen LogP contribution in [0.2, 0.25) is 0 Å². The number of hydrogen-bond acceptors (Lipinski definition) is 3. The highest BCUT2D eigenvalue weighted by atomic mass is 16.2. The van der Waals surface area contributed by atoms with Gasteiger partial charge in [-0.05, 0) is 43.9 Å². The van der Waals surface area contributed by atoms with Crippen LogP contribution < -0.4 is 0 Å². The fraction of sp³-hybridized carbons (Fsp3) is 0.438. The summed E-state index contributed by atoms with van der Waals surface area (Å²) in [5.74, 6) is 0.677. The Morgan fingerprint density at radius 2 is 2.14 bits per heavy atom. The summed E-state index contributed by atoms with van der Waals surface area (Å²) < 4.78 is 0. The third-order valence-electron chi connectivity index (χ3n) is 4.42.